The van der Waals surface area contributed by atoms with Crippen molar-refractivity contribution in [2.75, 3.05) is 0 Å². The number of aromatic nitrogens is 2. The molecule has 2 aromatic rings. The molecule has 5 heteroatoms. The molecule has 0 fully saturated rings. The minimum atomic E-state index is -1.22. The van der Waals surface area contributed by atoms with Crippen LogP contribution in [0.25, 0.3) is 5.69 Å². The molecule has 0 saturated heterocycles. The van der Waals surface area contributed by atoms with E-state index >= 15 is 0 Å². The minimum absolute atomic E-state index is 0.0133. The summed E-state index contributed by atoms with van der Waals surface area (Å²) in [5.74, 6) is -1.20. The lowest BCUT2D eigenvalue weighted by molar-refractivity contribution is -0.255. The number of carboxylic acid groups (broad SMARTS) is 1. The summed E-state index contributed by atoms with van der Waals surface area (Å²) in [6.07, 6.45) is 1.31. The smallest absolute Gasteiger partial charge is 0.0749 e. The van der Waals surface area contributed by atoms with Crippen molar-refractivity contribution in [3.8, 4) is 5.69 Å². The number of hydrogen-bond acceptors (Lipinski definition) is 3. The lowest BCUT2D eigenvalue weighted by atomic mass is 10.1. The number of halogens is 1. The predicted molar refractivity (Wildman–Crippen MR) is 67.0 cm³/mol. The third kappa shape index (κ3) is 2.24. The van der Waals surface area contributed by atoms with E-state index in [1.807, 2.05) is 19.9 Å². The van der Waals surface area contributed by atoms with Crippen LogP contribution in [-0.2, 0) is 0 Å². The summed E-state index contributed by atoms with van der Waals surface area (Å²) in [4.78, 5) is 11.0. The van der Waals surface area contributed by atoms with E-state index in [9.17, 15) is 9.90 Å². The van der Waals surface area contributed by atoms with E-state index in [1.165, 1.54) is 6.20 Å². The number of aromatic carboxylic acids is 1. The van der Waals surface area contributed by atoms with Gasteiger partial charge in [-0.25, -0.2) is 4.68 Å². The van der Waals surface area contributed by atoms with Crippen molar-refractivity contribution in [2.45, 2.75) is 19.8 Å². The van der Waals surface area contributed by atoms with Gasteiger partial charge >= 0.3 is 0 Å². The Bertz CT molecular complexity index is 590. The number of hydrogen-bond donors (Lipinski definition) is 0. The summed E-state index contributed by atoms with van der Waals surface area (Å²) >= 11 is 5.93. The second-order valence-corrected chi connectivity index (χ2v) is 4.71. The highest BCUT2D eigenvalue weighted by Crippen LogP contribution is 2.23. The van der Waals surface area contributed by atoms with Crippen molar-refractivity contribution >= 4 is 17.6 Å². The fraction of sp³-hybridized carbons (Fsp3) is 0.231. The molecule has 0 unspecified atom stereocenters. The van der Waals surface area contributed by atoms with Gasteiger partial charge in [0.15, 0.2) is 0 Å². The average Bonchev–Trinajstić information content (AvgIpc) is 2.73. The highest BCUT2D eigenvalue weighted by atomic mass is 35.5. The molecule has 94 valence electrons. The molecule has 0 saturated carbocycles. The van der Waals surface area contributed by atoms with Gasteiger partial charge in [-0.1, -0.05) is 31.5 Å². The van der Waals surface area contributed by atoms with Gasteiger partial charge in [-0.05, 0) is 24.1 Å². The molecule has 0 aliphatic carbocycles. The van der Waals surface area contributed by atoms with Crippen LogP contribution in [0.1, 0.15) is 35.8 Å². The number of carboxylic acids is 1. The maximum absolute atomic E-state index is 11.0. The van der Waals surface area contributed by atoms with Gasteiger partial charge in [-0.2, -0.15) is 5.10 Å². The molecular weight excluding hydrogens is 252 g/mol. The van der Waals surface area contributed by atoms with E-state index in [0.29, 0.717) is 10.7 Å². The second kappa shape index (κ2) is 4.82. The molecule has 0 radical (unpaired) electrons. The van der Waals surface area contributed by atoms with E-state index in [0.717, 1.165) is 5.69 Å². The van der Waals surface area contributed by atoms with Gasteiger partial charge in [0.05, 0.1) is 23.5 Å². The van der Waals surface area contributed by atoms with Crippen LogP contribution in [0, 0.1) is 0 Å². The molecule has 18 heavy (non-hydrogen) atoms. The first kappa shape index (κ1) is 12.6. The van der Waals surface area contributed by atoms with Crippen molar-refractivity contribution in [3.63, 3.8) is 0 Å². The Labute approximate surface area is 110 Å². The first-order valence-corrected chi connectivity index (χ1v) is 5.93. The van der Waals surface area contributed by atoms with Crippen LogP contribution in [0.4, 0.5) is 0 Å². The Morgan fingerprint density at radius 1 is 1.44 bits per heavy atom. The van der Waals surface area contributed by atoms with Gasteiger partial charge in [-0.15, -0.1) is 0 Å². The number of carbonyl (C=O) groups is 1. The molecule has 0 aliphatic heterocycles. The summed E-state index contributed by atoms with van der Waals surface area (Å²) in [6, 6.07) is 7.11. The molecule has 1 heterocycles. The molecule has 1 aromatic carbocycles. The van der Waals surface area contributed by atoms with E-state index < -0.39 is 5.97 Å². The van der Waals surface area contributed by atoms with Crippen LogP contribution in [0.2, 0.25) is 5.02 Å². The lowest BCUT2D eigenvalue weighted by Crippen LogP contribution is -2.24. The number of rotatable bonds is 3. The van der Waals surface area contributed by atoms with Crippen molar-refractivity contribution < 1.29 is 9.90 Å². The first-order chi connectivity index (χ1) is 8.50. The van der Waals surface area contributed by atoms with E-state index in [1.54, 1.807) is 22.9 Å². The number of carbonyl (C=O) groups excluding carboxylic acids is 1. The normalized spacial score (nSPS) is 10.9. The van der Waals surface area contributed by atoms with Gasteiger partial charge in [0.25, 0.3) is 0 Å². The van der Waals surface area contributed by atoms with Crippen LogP contribution in [0.15, 0.2) is 30.5 Å². The molecule has 0 atom stereocenters. The minimum Gasteiger partial charge on any atom is -0.545 e. The Morgan fingerprint density at radius 2 is 2.17 bits per heavy atom. The Hall–Kier alpha value is -1.81. The quantitative estimate of drug-likeness (QED) is 0.851. The molecule has 1 aromatic heterocycles. The fourth-order valence-electron chi connectivity index (χ4n) is 1.88. The summed E-state index contributed by atoms with van der Waals surface area (Å²) < 4.78 is 1.58. The Kier molecular flexibility index (Phi) is 3.39. The van der Waals surface area contributed by atoms with Crippen LogP contribution in [0.5, 0.6) is 0 Å². The third-order valence-electron chi connectivity index (χ3n) is 2.63. The SMILES string of the molecule is CC(C)c1c(C(=O)[O-])cnn1-c1cccc(Cl)c1. The van der Waals surface area contributed by atoms with Crippen LogP contribution in [0.3, 0.4) is 0 Å². The van der Waals surface area contributed by atoms with Crippen molar-refractivity contribution in [2.24, 2.45) is 0 Å². The predicted octanol–water partition coefficient (Wildman–Crippen LogP) is 2.01. The zero-order valence-electron chi connectivity index (χ0n) is 10.1. The number of nitrogens with zero attached hydrogens (tertiary/aromatic N) is 2. The summed E-state index contributed by atoms with van der Waals surface area (Å²) in [6.45, 7) is 3.81. The maximum Gasteiger partial charge on any atom is 0.0749 e. The second-order valence-electron chi connectivity index (χ2n) is 4.28. The highest BCUT2D eigenvalue weighted by molar-refractivity contribution is 6.30. The third-order valence-corrected chi connectivity index (χ3v) is 2.86. The molecule has 0 amide bonds. The first-order valence-electron chi connectivity index (χ1n) is 5.56. The van der Waals surface area contributed by atoms with Crippen molar-refractivity contribution in [1.29, 1.82) is 0 Å². The van der Waals surface area contributed by atoms with Gasteiger partial charge in [-0.3, -0.25) is 0 Å². The van der Waals surface area contributed by atoms with Crippen LogP contribution < -0.4 is 5.11 Å². The maximum atomic E-state index is 11.0. The highest BCUT2D eigenvalue weighted by Gasteiger charge is 2.16. The lowest BCUT2D eigenvalue weighted by Gasteiger charge is -2.13. The Morgan fingerprint density at radius 3 is 2.72 bits per heavy atom. The molecule has 0 spiro atoms. The topological polar surface area (TPSA) is 57.9 Å². The van der Waals surface area contributed by atoms with Gasteiger partial charge in [0, 0.05) is 10.6 Å². The monoisotopic (exact) mass is 263 g/mol. The van der Waals surface area contributed by atoms with E-state index in [2.05, 4.69) is 5.10 Å². The standard InChI is InChI=1S/C13H13ClN2O2/c1-8(2)12-11(13(17)18)7-15-16(12)10-5-3-4-9(14)6-10/h3-8H,1-2H3,(H,17,18)/p-1. The van der Waals surface area contributed by atoms with Gasteiger partial charge < -0.3 is 9.90 Å². The van der Waals surface area contributed by atoms with Crippen molar-refractivity contribution in [1.82, 2.24) is 9.78 Å². The molecule has 0 bridgehead atoms. The van der Waals surface area contributed by atoms with E-state index in [-0.39, 0.29) is 11.5 Å². The average molecular weight is 264 g/mol. The van der Waals surface area contributed by atoms with Crippen LogP contribution in [-0.4, -0.2) is 15.7 Å². The summed E-state index contributed by atoms with van der Waals surface area (Å²) in [7, 11) is 0. The summed E-state index contributed by atoms with van der Waals surface area (Å²) in [5.41, 5.74) is 1.46. The largest absolute Gasteiger partial charge is 0.545 e. The van der Waals surface area contributed by atoms with Crippen LogP contribution >= 0.6 is 11.6 Å². The molecule has 0 aliphatic rings. The van der Waals surface area contributed by atoms with Gasteiger partial charge in [0.2, 0.25) is 0 Å². The summed E-state index contributed by atoms with van der Waals surface area (Å²) in [5, 5.41) is 15.7. The fourth-order valence-corrected chi connectivity index (χ4v) is 2.07. The van der Waals surface area contributed by atoms with Crippen molar-refractivity contribution in [3.05, 3.63) is 46.7 Å². The van der Waals surface area contributed by atoms with E-state index in [4.69, 9.17) is 11.6 Å². The molecule has 2 rings (SSSR count). The Balaban J connectivity index is 2.61. The van der Waals surface area contributed by atoms with Gasteiger partial charge in [0.1, 0.15) is 0 Å². The molecular formula is C13H12ClN2O2-. The molecule has 0 N–H and O–H groups in total. The number of benzene rings is 1. The zero-order chi connectivity index (χ0) is 13.3. The molecule has 4 nitrogen and oxygen atoms in total. The zero-order valence-corrected chi connectivity index (χ0v) is 10.8.